The minimum atomic E-state index is -1.64. The van der Waals surface area contributed by atoms with Crippen LogP contribution in [-0.4, -0.2) is 28.7 Å². The molecule has 5 nitrogen and oxygen atoms in total. The van der Waals surface area contributed by atoms with E-state index < -0.39 is 17.3 Å². The average Bonchev–Trinajstić information content (AvgIpc) is 1.87. The predicted molar refractivity (Wildman–Crippen MR) is 36.6 cm³/mol. The summed E-state index contributed by atoms with van der Waals surface area (Å²) in [5, 5.41) is 17.0. The topological polar surface area (TPSA) is 101 Å². The van der Waals surface area contributed by atoms with Crippen LogP contribution in [0.5, 0.6) is 0 Å². The summed E-state index contributed by atoms with van der Waals surface area (Å²) in [6.45, 7) is 0.819. The maximum absolute atomic E-state index is 10.6. The summed E-state index contributed by atoms with van der Waals surface area (Å²) in [6.07, 6.45) is -0.155. The van der Waals surface area contributed by atoms with Gasteiger partial charge in [0.2, 0.25) is 5.91 Å². The van der Waals surface area contributed by atoms with E-state index in [1.54, 1.807) is 0 Å². The lowest BCUT2D eigenvalue weighted by molar-refractivity contribution is -0.154. The summed E-state index contributed by atoms with van der Waals surface area (Å²) in [5.74, 6) is -2.24. The first-order chi connectivity index (χ1) is 4.95. The number of amides is 1. The highest BCUT2D eigenvalue weighted by Gasteiger charge is 2.38. The van der Waals surface area contributed by atoms with E-state index in [0.717, 1.165) is 0 Å². The van der Waals surface area contributed by atoms with Gasteiger partial charge in [-0.15, -0.1) is 0 Å². The summed E-state index contributed by atoms with van der Waals surface area (Å²) in [6, 6.07) is 0. The highest BCUT2D eigenvalue weighted by atomic mass is 16.4. The van der Waals surface area contributed by atoms with E-state index in [9.17, 15) is 9.59 Å². The number of aliphatic carboxylic acids is 1. The van der Waals surface area contributed by atoms with Crippen molar-refractivity contribution in [1.82, 2.24) is 0 Å². The third-order valence-electron chi connectivity index (χ3n) is 1.63. The van der Waals surface area contributed by atoms with Gasteiger partial charge in [0.1, 0.15) is 5.41 Å². The number of primary amides is 1. The molecule has 64 valence electrons. The minimum Gasteiger partial charge on any atom is -0.480 e. The molecular weight excluding hydrogens is 150 g/mol. The summed E-state index contributed by atoms with van der Waals surface area (Å²) in [5.41, 5.74) is 3.18. The second-order valence-corrected chi connectivity index (χ2v) is 2.48. The fourth-order valence-corrected chi connectivity index (χ4v) is 0.559. The molecule has 0 rings (SSSR count). The SMILES string of the molecule is CC(CCO)(C(N)=O)C(=O)O. The van der Waals surface area contributed by atoms with Crippen molar-refractivity contribution in [1.29, 1.82) is 0 Å². The second-order valence-electron chi connectivity index (χ2n) is 2.48. The summed E-state index contributed by atoms with van der Waals surface area (Å²) >= 11 is 0. The van der Waals surface area contributed by atoms with Gasteiger partial charge in [-0.25, -0.2) is 0 Å². The fraction of sp³-hybridized carbons (Fsp3) is 0.667. The largest absolute Gasteiger partial charge is 0.480 e. The van der Waals surface area contributed by atoms with Crippen LogP contribution < -0.4 is 5.73 Å². The van der Waals surface area contributed by atoms with Crippen LogP contribution in [0.2, 0.25) is 0 Å². The zero-order valence-corrected chi connectivity index (χ0v) is 6.20. The standard InChI is InChI=1S/C6H11NO4/c1-6(2-3-8,4(7)9)5(10)11/h8H,2-3H2,1H3,(H2,7,9)(H,10,11). The molecule has 0 aromatic heterocycles. The molecule has 1 unspecified atom stereocenters. The lowest BCUT2D eigenvalue weighted by Gasteiger charge is -2.18. The normalized spacial score (nSPS) is 15.5. The van der Waals surface area contributed by atoms with Crippen molar-refractivity contribution in [2.75, 3.05) is 6.61 Å². The number of carboxylic acid groups (broad SMARTS) is 1. The van der Waals surface area contributed by atoms with Gasteiger partial charge in [0.15, 0.2) is 0 Å². The van der Waals surface area contributed by atoms with E-state index in [2.05, 4.69) is 0 Å². The summed E-state index contributed by atoms with van der Waals surface area (Å²) in [4.78, 5) is 21.0. The van der Waals surface area contributed by atoms with E-state index in [1.807, 2.05) is 0 Å². The highest BCUT2D eigenvalue weighted by molar-refractivity contribution is 6.00. The van der Waals surface area contributed by atoms with Gasteiger partial charge < -0.3 is 15.9 Å². The Bertz CT molecular complexity index is 163. The van der Waals surface area contributed by atoms with Crippen LogP contribution >= 0.6 is 0 Å². The van der Waals surface area contributed by atoms with Crippen molar-refractivity contribution < 1.29 is 19.8 Å². The quantitative estimate of drug-likeness (QED) is 0.458. The monoisotopic (exact) mass is 161 g/mol. The van der Waals surface area contributed by atoms with Gasteiger partial charge in [0, 0.05) is 6.61 Å². The Kier molecular flexibility index (Phi) is 3.00. The molecular formula is C6H11NO4. The minimum absolute atomic E-state index is 0.155. The van der Waals surface area contributed by atoms with Gasteiger partial charge in [0.05, 0.1) is 0 Å². The highest BCUT2D eigenvalue weighted by Crippen LogP contribution is 2.19. The molecule has 0 aromatic rings. The van der Waals surface area contributed by atoms with E-state index >= 15 is 0 Å². The first-order valence-corrected chi connectivity index (χ1v) is 3.09. The molecule has 0 aliphatic heterocycles. The number of aliphatic hydroxyl groups is 1. The summed E-state index contributed by atoms with van der Waals surface area (Å²) in [7, 11) is 0. The third kappa shape index (κ3) is 1.91. The van der Waals surface area contributed by atoms with Crippen LogP contribution in [0.1, 0.15) is 13.3 Å². The zero-order valence-electron chi connectivity index (χ0n) is 6.20. The number of hydrogen-bond acceptors (Lipinski definition) is 3. The van der Waals surface area contributed by atoms with Crippen LogP contribution in [-0.2, 0) is 9.59 Å². The molecule has 0 aromatic carbocycles. The Balaban J connectivity index is 4.52. The predicted octanol–water partition coefficient (Wildman–Crippen LogP) is -1.05. The number of hydrogen-bond donors (Lipinski definition) is 3. The molecule has 0 fully saturated rings. The average molecular weight is 161 g/mol. The Morgan fingerprint density at radius 2 is 2.00 bits per heavy atom. The maximum atomic E-state index is 10.6. The molecule has 0 aliphatic rings. The molecule has 0 bridgehead atoms. The Hall–Kier alpha value is -1.10. The van der Waals surface area contributed by atoms with E-state index in [0.29, 0.717) is 0 Å². The molecule has 0 aliphatic carbocycles. The third-order valence-corrected chi connectivity index (χ3v) is 1.63. The number of rotatable bonds is 4. The number of carbonyl (C=O) groups excluding carboxylic acids is 1. The van der Waals surface area contributed by atoms with Crippen LogP contribution in [0.4, 0.5) is 0 Å². The van der Waals surface area contributed by atoms with Crippen molar-refractivity contribution in [3.8, 4) is 0 Å². The molecule has 1 amide bonds. The molecule has 0 radical (unpaired) electrons. The summed E-state index contributed by atoms with van der Waals surface area (Å²) < 4.78 is 0. The molecule has 0 heterocycles. The van der Waals surface area contributed by atoms with Crippen molar-refractivity contribution in [2.45, 2.75) is 13.3 Å². The number of nitrogens with two attached hydrogens (primary N) is 1. The fourth-order valence-electron chi connectivity index (χ4n) is 0.559. The van der Waals surface area contributed by atoms with Gasteiger partial charge in [-0.05, 0) is 13.3 Å². The van der Waals surface area contributed by atoms with Crippen LogP contribution in [0.3, 0.4) is 0 Å². The van der Waals surface area contributed by atoms with Gasteiger partial charge >= 0.3 is 5.97 Å². The Morgan fingerprint density at radius 1 is 1.55 bits per heavy atom. The van der Waals surface area contributed by atoms with Gasteiger partial charge in [-0.1, -0.05) is 0 Å². The maximum Gasteiger partial charge on any atom is 0.318 e. The number of carbonyl (C=O) groups is 2. The second kappa shape index (κ2) is 3.34. The zero-order chi connectivity index (χ0) is 9.07. The molecule has 1 atom stereocenters. The van der Waals surface area contributed by atoms with E-state index in [4.69, 9.17) is 15.9 Å². The van der Waals surface area contributed by atoms with Gasteiger partial charge in [0.25, 0.3) is 0 Å². The first kappa shape index (κ1) is 9.90. The lowest BCUT2D eigenvalue weighted by atomic mass is 9.86. The molecule has 11 heavy (non-hydrogen) atoms. The van der Waals surface area contributed by atoms with Crippen LogP contribution in [0.15, 0.2) is 0 Å². The van der Waals surface area contributed by atoms with Gasteiger partial charge in [-0.3, -0.25) is 9.59 Å². The van der Waals surface area contributed by atoms with Crippen LogP contribution in [0.25, 0.3) is 0 Å². The molecule has 5 heteroatoms. The number of carboxylic acids is 1. The molecule has 0 spiro atoms. The van der Waals surface area contributed by atoms with Crippen molar-refractivity contribution in [3.63, 3.8) is 0 Å². The number of aliphatic hydroxyl groups excluding tert-OH is 1. The van der Waals surface area contributed by atoms with Crippen molar-refractivity contribution in [2.24, 2.45) is 11.1 Å². The molecule has 0 saturated carbocycles. The Morgan fingerprint density at radius 3 is 2.09 bits per heavy atom. The van der Waals surface area contributed by atoms with Crippen molar-refractivity contribution >= 4 is 11.9 Å². The molecule has 0 saturated heterocycles. The van der Waals surface area contributed by atoms with Gasteiger partial charge in [-0.2, -0.15) is 0 Å². The first-order valence-electron chi connectivity index (χ1n) is 3.09. The van der Waals surface area contributed by atoms with Crippen molar-refractivity contribution in [3.05, 3.63) is 0 Å². The van der Waals surface area contributed by atoms with Crippen LogP contribution in [0, 0.1) is 5.41 Å². The smallest absolute Gasteiger partial charge is 0.318 e. The Labute approximate surface area is 63.8 Å². The lowest BCUT2D eigenvalue weighted by Crippen LogP contribution is -2.42. The molecule has 4 N–H and O–H groups in total. The van der Waals surface area contributed by atoms with E-state index in [-0.39, 0.29) is 13.0 Å². The van der Waals surface area contributed by atoms with E-state index in [1.165, 1.54) is 6.92 Å².